The normalized spacial score (nSPS) is 12.4. The lowest BCUT2D eigenvalue weighted by Crippen LogP contribution is -2.33. The number of Topliss-reactive ketones (excluding diaryl/α,β-unsaturated/α-hetero) is 1. The van der Waals surface area contributed by atoms with E-state index in [1.165, 1.54) is 0 Å². The van der Waals surface area contributed by atoms with Crippen LogP contribution in [0.3, 0.4) is 0 Å². The van der Waals surface area contributed by atoms with E-state index in [0.29, 0.717) is 19.1 Å². The molecule has 0 aliphatic carbocycles. The molecule has 0 spiro atoms. The predicted molar refractivity (Wildman–Crippen MR) is 83.5 cm³/mol. The zero-order valence-electron chi connectivity index (χ0n) is 13.2. The summed E-state index contributed by atoms with van der Waals surface area (Å²) in [5, 5.41) is 0. The fourth-order valence-electron chi connectivity index (χ4n) is 2.07. The molecule has 0 bridgehead atoms. The molecule has 0 saturated heterocycles. The minimum absolute atomic E-state index is 0.179. The molecule has 112 valence electrons. The van der Waals surface area contributed by atoms with Gasteiger partial charge in [-0.25, -0.2) is 0 Å². The fraction of sp³-hybridized carbons (Fsp3) is 0.588. The van der Waals surface area contributed by atoms with Crippen molar-refractivity contribution < 1.29 is 9.53 Å². The van der Waals surface area contributed by atoms with Crippen molar-refractivity contribution in [3.8, 4) is 5.75 Å². The van der Waals surface area contributed by atoms with Crippen LogP contribution < -0.4 is 4.74 Å². The summed E-state index contributed by atoms with van der Waals surface area (Å²) in [6, 6.07) is 7.43. The highest BCUT2D eigenvalue weighted by atomic mass is 16.5. The highest BCUT2D eigenvalue weighted by Crippen LogP contribution is 2.13. The number of hydrogen-bond donors (Lipinski definition) is 0. The van der Waals surface area contributed by atoms with Crippen LogP contribution in [-0.2, 0) is 0 Å². The van der Waals surface area contributed by atoms with Crippen LogP contribution in [0.1, 0.15) is 44.5 Å². The van der Waals surface area contributed by atoms with E-state index in [9.17, 15) is 4.79 Å². The van der Waals surface area contributed by atoms with Crippen molar-refractivity contribution in [1.82, 2.24) is 4.90 Å². The van der Waals surface area contributed by atoms with E-state index in [-0.39, 0.29) is 5.78 Å². The minimum atomic E-state index is 0.179. The fourth-order valence-corrected chi connectivity index (χ4v) is 2.07. The number of likely N-dealkylation sites (N-methyl/N-ethyl adjacent to an activating group) is 1. The number of ether oxygens (including phenoxy) is 1. The van der Waals surface area contributed by atoms with Crippen LogP contribution in [0.2, 0.25) is 0 Å². The molecule has 3 heteroatoms. The molecule has 1 unspecified atom stereocenters. The molecule has 1 rings (SSSR count). The second-order valence-corrected chi connectivity index (χ2v) is 5.22. The second kappa shape index (κ2) is 8.75. The van der Waals surface area contributed by atoms with Crippen LogP contribution in [0.5, 0.6) is 5.75 Å². The van der Waals surface area contributed by atoms with E-state index in [1.54, 1.807) is 0 Å². The van der Waals surface area contributed by atoms with E-state index in [0.717, 1.165) is 30.8 Å². The largest absolute Gasteiger partial charge is 0.494 e. The van der Waals surface area contributed by atoms with E-state index < -0.39 is 0 Å². The molecule has 0 amide bonds. The Bertz CT molecular complexity index is 400. The van der Waals surface area contributed by atoms with Gasteiger partial charge in [-0.2, -0.15) is 0 Å². The molecule has 0 aliphatic rings. The molecule has 0 heterocycles. The lowest BCUT2D eigenvalue weighted by Gasteiger charge is -2.22. The first-order valence-electron chi connectivity index (χ1n) is 7.59. The van der Waals surface area contributed by atoms with E-state index in [1.807, 2.05) is 31.2 Å². The lowest BCUT2D eigenvalue weighted by molar-refractivity contribution is 0.0924. The molecule has 1 aromatic carbocycles. The van der Waals surface area contributed by atoms with Crippen molar-refractivity contribution in [2.24, 2.45) is 5.92 Å². The van der Waals surface area contributed by atoms with Crippen molar-refractivity contribution in [2.45, 2.75) is 34.1 Å². The second-order valence-electron chi connectivity index (χ2n) is 5.22. The van der Waals surface area contributed by atoms with Crippen molar-refractivity contribution in [1.29, 1.82) is 0 Å². The Labute approximate surface area is 122 Å². The highest BCUT2D eigenvalue weighted by molar-refractivity contribution is 5.97. The molecule has 0 aliphatic heterocycles. The molecule has 3 nitrogen and oxygen atoms in total. The summed E-state index contributed by atoms with van der Waals surface area (Å²) in [5.41, 5.74) is 0.760. The Hall–Kier alpha value is -1.35. The first-order valence-corrected chi connectivity index (χ1v) is 7.59. The quantitative estimate of drug-likeness (QED) is 0.645. The van der Waals surface area contributed by atoms with Crippen LogP contribution in [0.15, 0.2) is 24.3 Å². The highest BCUT2D eigenvalue weighted by Gasteiger charge is 2.13. The van der Waals surface area contributed by atoms with Crippen LogP contribution >= 0.6 is 0 Å². The maximum atomic E-state index is 12.3. The molecule has 0 saturated carbocycles. The van der Waals surface area contributed by atoms with Crippen molar-refractivity contribution in [2.75, 3.05) is 26.2 Å². The van der Waals surface area contributed by atoms with Crippen LogP contribution in [-0.4, -0.2) is 36.9 Å². The third-order valence-corrected chi connectivity index (χ3v) is 3.57. The number of carbonyl (C=O) groups is 1. The molecular formula is C17H27NO2. The van der Waals surface area contributed by atoms with Gasteiger partial charge >= 0.3 is 0 Å². The molecular weight excluding hydrogens is 250 g/mol. The van der Waals surface area contributed by atoms with Gasteiger partial charge in [-0.3, -0.25) is 9.69 Å². The molecule has 0 aromatic heterocycles. The summed E-state index contributed by atoms with van der Waals surface area (Å²) in [5.74, 6) is 1.62. The third kappa shape index (κ3) is 5.33. The summed E-state index contributed by atoms with van der Waals surface area (Å²) >= 11 is 0. The summed E-state index contributed by atoms with van der Waals surface area (Å²) in [6.07, 6.45) is 1.15. The van der Waals surface area contributed by atoms with Gasteiger partial charge < -0.3 is 4.74 Å². The van der Waals surface area contributed by atoms with Crippen molar-refractivity contribution in [3.05, 3.63) is 29.8 Å². The van der Waals surface area contributed by atoms with Crippen LogP contribution in [0.25, 0.3) is 0 Å². The Morgan fingerprint density at radius 2 is 1.85 bits per heavy atom. The summed E-state index contributed by atoms with van der Waals surface area (Å²) in [7, 11) is 0. The summed E-state index contributed by atoms with van der Waals surface area (Å²) in [6.45, 7) is 11.5. The van der Waals surface area contributed by atoms with Gasteiger partial charge in [0.2, 0.25) is 0 Å². The predicted octanol–water partition coefficient (Wildman–Crippen LogP) is 3.64. The van der Waals surface area contributed by atoms with E-state index in [4.69, 9.17) is 4.74 Å². The number of carbonyl (C=O) groups excluding carboxylic acids is 1. The Morgan fingerprint density at radius 1 is 1.20 bits per heavy atom. The van der Waals surface area contributed by atoms with E-state index in [2.05, 4.69) is 25.7 Å². The van der Waals surface area contributed by atoms with E-state index >= 15 is 0 Å². The molecule has 0 radical (unpaired) electrons. The minimum Gasteiger partial charge on any atom is -0.494 e. The molecule has 1 aromatic rings. The van der Waals surface area contributed by atoms with Crippen molar-refractivity contribution in [3.63, 3.8) is 0 Å². The Kier molecular flexibility index (Phi) is 7.31. The molecule has 0 fully saturated rings. The van der Waals surface area contributed by atoms with Gasteiger partial charge in [-0.15, -0.1) is 0 Å². The van der Waals surface area contributed by atoms with Gasteiger partial charge in [0.25, 0.3) is 0 Å². The Morgan fingerprint density at radius 3 is 2.35 bits per heavy atom. The number of hydrogen-bond acceptors (Lipinski definition) is 3. The zero-order chi connectivity index (χ0) is 15.0. The first kappa shape index (κ1) is 16.7. The molecule has 0 N–H and O–H groups in total. The zero-order valence-corrected chi connectivity index (χ0v) is 13.2. The average Bonchev–Trinajstić information content (AvgIpc) is 2.47. The number of benzene rings is 1. The van der Waals surface area contributed by atoms with Crippen molar-refractivity contribution >= 4 is 5.78 Å². The first-order chi connectivity index (χ1) is 9.60. The smallest absolute Gasteiger partial charge is 0.176 e. The third-order valence-electron chi connectivity index (χ3n) is 3.57. The van der Waals surface area contributed by atoms with Crippen LogP contribution in [0, 0.1) is 5.92 Å². The maximum Gasteiger partial charge on any atom is 0.176 e. The summed E-state index contributed by atoms with van der Waals surface area (Å²) in [4.78, 5) is 14.5. The Balaban J connectivity index is 2.59. The van der Waals surface area contributed by atoms with Gasteiger partial charge in [0.15, 0.2) is 5.78 Å². The van der Waals surface area contributed by atoms with Gasteiger partial charge in [0.1, 0.15) is 5.75 Å². The SMILES string of the molecule is CCOc1ccc(C(=O)CN(CC)CC(C)CC)cc1. The monoisotopic (exact) mass is 277 g/mol. The molecule has 20 heavy (non-hydrogen) atoms. The number of nitrogens with zero attached hydrogens (tertiary/aromatic N) is 1. The molecule has 1 atom stereocenters. The van der Waals surface area contributed by atoms with Crippen LogP contribution in [0.4, 0.5) is 0 Å². The summed E-state index contributed by atoms with van der Waals surface area (Å²) < 4.78 is 5.39. The number of rotatable bonds is 9. The topological polar surface area (TPSA) is 29.5 Å². The van der Waals surface area contributed by atoms with Gasteiger partial charge in [-0.05, 0) is 43.7 Å². The average molecular weight is 277 g/mol. The standard InChI is InChI=1S/C17H27NO2/c1-5-14(4)12-18(6-2)13-17(19)15-8-10-16(11-9-15)20-7-3/h8-11,14H,5-7,12-13H2,1-4H3. The van der Waals surface area contributed by atoms with Gasteiger partial charge in [0.05, 0.1) is 13.2 Å². The van der Waals surface area contributed by atoms with Gasteiger partial charge in [-0.1, -0.05) is 27.2 Å². The lowest BCUT2D eigenvalue weighted by atomic mass is 10.1. The number of ketones is 1. The maximum absolute atomic E-state index is 12.3. The van der Waals surface area contributed by atoms with Gasteiger partial charge in [0, 0.05) is 12.1 Å².